The van der Waals surface area contributed by atoms with E-state index in [0.29, 0.717) is 16.0 Å². The minimum atomic E-state index is 0.116. The molecule has 0 amide bonds. The van der Waals surface area contributed by atoms with Crippen LogP contribution in [0.2, 0.25) is 10.0 Å². The van der Waals surface area contributed by atoms with E-state index in [0.717, 1.165) is 11.8 Å². The zero-order valence-corrected chi connectivity index (χ0v) is 16.9. The summed E-state index contributed by atoms with van der Waals surface area (Å²) in [5.74, 6) is 3.42. The molecule has 4 fully saturated rings. The Morgan fingerprint density at radius 1 is 0.962 bits per heavy atom. The molecule has 1 saturated heterocycles. The van der Waals surface area contributed by atoms with Gasteiger partial charge < -0.3 is 4.90 Å². The third-order valence-corrected chi connectivity index (χ3v) is 8.34. The van der Waals surface area contributed by atoms with Gasteiger partial charge in [0.05, 0.1) is 21.4 Å². The second-order valence-electron chi connectivity index (χ2n) is 8.83. The standard InChI is InChI=1S/C22H28Cl2N2/c23-18-9-6-16(14-19(18)24)21-15-4-7-17(8-5-15)22(21)11-10-20(25-22)26-12-2-1-3-13-26/h6,9,14-15,17,21H,1-5,7-8,10-13H2. The lowest BCUT2D eigenvalue weighted by Crippen LogP contribution is -2.51. The van der Waals surface area contributed by atoms with Crippen molar-refractivity contribution in [2.45, 2.75) is 69.2 Å². The van der Waals surface area contributed by atoms with Crippen molar-refractivity contribution in [1.82, 2.24) is 4.90 Å². The molecule has 26 heavy (non-hydrogen) atoms. The predicted molar refractivity (Wildman–Crippen MR) is 109 cm³/mol. The largest absolute Gasteiger partial charge is 0.360 e. The molecule has 6 rings (SSSR count). The first-order valence-corrected chi connectivity index (χ1v) is 11.2. The minimum absolute atomic E-state index is 0.116. The van der Waals surface area contributed by atoms with E-state index < -0.39 is 0 Å². The molecule has 2 atom stereocenters. The van der Waals surface area contributed by atoms with E-state index in [-0.39, 0.29) is 5.54 Å². The molecule has 140 valence electrons. The number of piperidine rings is 1. The van der Waals surface area contributed by atoms with Crippen molar-refractivity contribution in [3.63, 3.8) is 0 Å². The van der Waals surface area contributed by atoms with Crippen molar-refractivity contribution in [2.24, 2.45) is 16.8 Å². The Morgan fingerprint density at radius 2 is 1.73 bits per heavy atom. The Kier molecular flexibility index (Phi) is 4.48. The lowest BCUT2D eigenvalue weighted by atomic mass is 9.52. The van der Waals surface area contributed by atoms with Crippen LogP contribution < -0.4 is 0 Å². The normalized spacial score (nSPS) is 36.6. The fourth-order valence-electron chi connectivity index (χ4n) is 6.45. The second-order valence-corrected chi connectivity index (χ2v) is 9.64. The maximum absolute atomic E-state index is 6.40. The molecular weight excluding hydrogens is 363 g/mol. The number of rotatable bonds is 1. The van der Waals surface area contributed by atoms with Crippen molar-refractivity contribution in [1.29, 1.82) is 0 Å². The van der Waals surface area contributed by atoms with E-state index in [2.05, 4.69) is 17.0 Å². The number of amidine groups is 1. The van der Waals surface area contributed by atoms with E-state index in [1.54, 1.807) is 0 Å². The molecule has 1 aromatic carbocycles. The third kappa shape index (κ3) is 2.71. The smallest absolute Gasteiger partial charge is 0.0997 e. The Morgan fingerprint density at radius 3 is 2.46 bits per heavy atom. The summed E-state index contributed by atoms with van der Waals surface area (Å²) in [6, 6.07) is 6.33. The Balaban J connectivity index is 1.54. The molecule has 0 radical (unpaired) electrons. The predicted octanol–water partition coefficient (Wildman–Crippen LogP) is 6.31. The molecule has 1 spiro atoms. The average molecular weight is 391 g/mol. The van der Waals surface area contributed by atoms with Crippen LogP contribution in [0.5, 0.6) is 0 Å². The molecule has 1 aromatic rings. The maximum atomic E-state index is 6.40. The fourth-order valence-corrected chi connectivity index (χ4v) is 6.75. The minimum Gasteiger partial charge on any atom is -0.360 e. The molecule has 0 aromatic heterocycles. The molecule has 2 heterocycles. The second kappa shape index (κ2) is 6.71. The number of aliphatic imine (C=N–C) groups is 1. The molecule has 0 N–H and O–H groups in total. The number of fused-ring (bicyclic) bond motifs is 2. The highest BCUT2D eigenvalue weighted by Gasteiger charge is 2.57. The van der Waals surface area contributed by atoms with Gasteiger partial charge in [0, 0.05) is 25.4 Å². The van der Waals surface area contributed by atoms with Crippen molar-refractivity contribution >= 4 is 29.0 Å². The monoisotopic (exact) mass is 390 g/mol. The van der Waals surface area contributed by atoms with Crippen LogP contribution in [0.4, 0.5) is 0 Å². The summed E-state index contributed by atoms with van der Waals surface area (Å²) in [5.41, 5.74) is 1.49. The molecule has 2 aliphatic heterocycles. The molecule has 4 heteroatoms. The van der Waals surface area contributed by atoms with Crippen LogP contribution in [-0.4, -0.2) is 29.4 Å². The lowest BCUT2D eigenvalue weighted by molar-refractivity contribution is 0.0429. The highest BCUT2D eigenvalue weighted by molar-refractivity contribution is 6.42. The van der Waals surface area contributed by atoms with Crippen LogP contribution in [0.15, 0.2) is 23.2 Å². The first kappa shape index (κ1) is 17.4. The summed E-state index contributed by atoms with van der Waals surface area (Å²) in [6.07, 6.45) is 11.9. The molecule has 2 bridgehead atoms. The van der Waals surface area contributed by atoms with Crippen LogP contribution in [0, 0.1) is 11.8 Å². The summed E-state index contributed by atoms with van der Waals surface area (Å²) >= 11 is 12.6. The molecule has 3 saturated carbocycles. The zero-order valence-electron chi connectivity index (χ0n) is 15.4. The summed E-state index contributed by atoms with van der Waals surface area (Å²) in [5, 5.41) is 1.35. The first-order chi connectivity index (χ1) is 12.7. The number of hydrogen-bond donors (Lipinski definition) is 0. The molecule has 5 aliphatic rings. The molecule has 2 nitrogen and oxygen atoms in total. The van der Waals surface area contributed by atoms with Crippen molar-refractivity contribution < 1.29 is 0 Å². The van der Waals surface area contributed by atoms with Crippen molar-refractivity contribution in [3.8, 4) is 0 Å². The van der Waals surface area contributed by atoms with Crippen molar-refractivity contribution in [3.05, 3.63) is 33.8 Å². The Labute approximate surface area is 167 Å². The molecular formula is C22H28Cl2N2. The highest BCUT2D eigenvalue weighted by atomic mass is 35.5. The lowest BCUT2D eigenvalue weighted by Gasteiger charge is -2.54. The number of hydrogen-bond acceptors (Lipinski definition) is 2. The van der Waals surface area contributed by atoms with Crippen LogP contribution in [-0.2, 0) is 0 Å². The van der Waals surface area contributed by atoms with Gasteiger partial charge in [-0.25, -0.2) is 0 Å². The number of nitrogens with zero attached hydrogens (tertiary/aromatic N) is 2. The third-order valence-electron chi connectivity index (χ3n) is 7.60. The number of benzene rings is 1. The quantitative estimate of drug-likeness (QED) is 0.547. The van der Waals surface area contributed by atoms with Crippen LogP contribution in [0.3, 0.4) is 0 Å². The van der Waals surface area contributed by atoms with E-state index >= 15 is 0 Å². The first-order valence-electron chi connectivity index (χ1n) is 10.5. The van der Waals surface area contributed by atoms with E-state index in [9.17, 15) is 0 Å². The van der Waals surface area contributed by atoms with Gasteiger partial charge >= 0.3 is 0 Å². The van der Waals surface area contributed by atoms with Crippen LogP contribution in [0.1, 0.15) is 69.3 Å². The van der Waals surface area contributed by atoms with Gasteiger partial charge in [-0.2, -0.15) is 0 Å². The van der Waals surface area contributed by atoms with E-state index in [1.807, 2.05) is 6.07 Å². The van der Waals surface area contributed by atoms with Crippen molar-refractivity contribution in [2.75, 3.05) is 13.1 Å². The SMILES string of the molecule is Clc1ccc(C2C3CCC(CC3)C23CCC(N2CCCCC2)=N3)cc1Cl. The van der Waals surface area contributed by atoms with Gasteiger partial charge in [-0.05, 0) is 80.9 Å². The average Bonchev–Trinajstić information content (AvgIpc) is 3.11. The maximum Gasteiger partial charge on any atom is 0.0997 e. The zero-order chi connectivity index (χ0) is 17.7. The van der Waals surface area contributed by atoms with Gasteiger partial charge in [0.25, 0.3) is 0 Å². The van der Waals surface area contributed by atoms with E-state index in [1.165, 1.54) is 82.3 Å². The van der Waals surface area contributed by atoms with Crippen LogP contribution in [0.25, 0.3) is 0 Å². The van der Waals surface area contributed by atoms with Gasteiger partial charge in [-0.3, -0.25) is 4.99 Å². The Hall–Kier alpha value is -0.730. The Bertz CT molecular complexity index is 717. The van der Waals surface area contributed by atoms with Crippen LogP contribution >= 0.6 is 23.2 Å². The van der Waals surface area contributed by atoms with Gasteiger partial charge in [-0.15, -0.1) is 0 Å². The summed E-state index contributed by atoms with van der Waals surface area (Å²) in [7, 11) is 0. The highest BCUT2D eigenvalue weighted by Crippen LogP contribution is 2.61. The summed E-state index contributed by atoms with van der Waals surface area (Å²) in [4.78, 5) is 8.15. The van der Waals surface area contributed by atoms with Gasteiger partial charge in [0.1, 0.15) is 0 Å². The summed E-state index contributed by atoms with van der Waals surface area (Å²) < 4.78 is 0. The topological polar surface area (TPSA) is 15.6 Å². The van der Waals surface area contributed by atoms with Gasteiger partial charge in [-0.1, -0.05) is 29.3 Å². The number of likely N-dealkylation sites (tertiary alicyclic amines) is 1. The molecule has 3 aliphatic carbocycles. The number of halogens is 2. The molecule has 2 unspecified atom stereocenters. The van der Waals surface area contributed by atoms with Gasteiger partial charge in [0.15, 0.2) is 0 Å². The summed E-state index contributed by atoms with van der Waals surface area (Å²) in [6.45, 7) is 2.42. The fraction of sp³-hybridized carbons (Fsp3) is 0.682. The van der Waals surface area contributed by atoms with E-state index in [4.69, 9.17) is 28.2 Å². The van der Waals surface area contributed by atoms with Gasteiger partial charge in [0.2, 0.25) is 0 Å².